The van der Waals surface area contributed by atoms with Crippen LogP contribution in [0.4, 0.5) is 0 Å². The van der Waals surface area contributed by atoms with Crippen LogP contribution in [0.3, 0.4) is 0 Å². The fraction of sp³-hybridized carbons (Fsp3) is 0.316. The molecule has 1 amide bonds. The molecule has 0 unspecified atom stereocenters. The summed E-state index contributed by atoms with van der Waals surface area (Å²) in [6.07, 6.45) is 1.67. The number of rotatable bonds is 3. The maximum atomic E-state index is 13.2. The maximum absolute atomic E-state index is 13.2. The lowest BCUT2D eigenvalue weighted by Crippen LogP contribution is -2.37. The van der Waals surface area contributed by atoms with Crippen LogP contribution in [0.1, 0.15) is 34.3 Å². The third-order valence-corrected chi connectivity index (χ3v) is 5.62. The van der Waals surface area contributed by atoms with Crippen molar-refractivity contribution in [1.29, 1.82) is 0 Å². The van der Waals surface area contributed by atoms with Crippen LogP contribution in [0.2, 0.25) is 0 Å². The summed E-state index contributed by atoms with van der Waals surface area (Å²) in [4.78, 5) is 28.9. The van der Waals surface area contributed by atoms with Gasteiger partial charge in [-0.15, -0.1) is 11.3 Å². The van der Waals surface area contributed by atoms with E-state index in [0.717, 1.165) is 12.8 Å². The largest absolute Gasteiger partial charge is 0.333 e. The minimum Gasteiger partial charge on any atom is -0.333 e. The topological polar surface area (TPSA) is 55.2 Å². The van der Waals surface area contributed by atoms with Gasteiger partial charge in [0.15, 0.2) is 5.69 Å². The summed E-state index contributed by atoms with van der Waals surface area (Å²) in [5, 5.41) is 7.70. The zero-order chi connectivity index (χ0) is 17.4. The number of hydrogen-bond acceptors (Lipinski definition) is 4. The fourth-order valence-electron chi connectivity index (χ4n) is 3.33. The molecular weight excluding hydrogens is 334 g/mol. The van der Waals surface area contributed by atoms with Crippen molar-refractivity contribution in [2.45, 2.75) is 32.9 Å². The SMILES string of the molecule is CCCn1nc(C(=O)N2CCc3sccc3C2)c2ccccc2c1=O. The molecular formula is C19H19N3O2S. The van der Waals surface area contributed by atoms with Gasteiger partial charge in [-0.3, -0.25) is 9.59 Å². The van der Waals surface area contributed by atoms with Crippen molar-refractivity contribution in [3.8, 4) is 0 Å². The number of carbonyl (C=O) groups excluding carboxylic acids is 1. The number of aryl methyl sites for hydroxylation is 1. The number of amides is 1. The average Bonchev–Trinajstić information content (AvgIpc) is 3.11. The van der Waals surface area contributed by atoms with Crippen molar-refractivity contribution in [2.24, 2.45) is 0 Å². The second-order valence-electron chi connectivity index (χ2n) is 6.27. The van der Waals surface area contributed by atoms with E-state index in [1.165, 1.54) is 15.1 Å². The third kappa shape index (κ3) is 2.76. The summed E-state index contributed by atoms with van der Waals surface area (Å²) in [5.74, 6) is -0.0992. The Hall–Kier alpha value is -2.47. The lowest BCUT2D eigenvalue weighted by molar-refractivity contribution is 0.0729. The Kier molecular flexibility index (Phi) is 4.13. The fourth-order valence-corrected chi connectivity index (χ4v) is 4.22. The Morgan fingerprint density at radius 2 is 2.04 bits per heavy atom. The predicted molar refractivity (Wildman–Crippen MR) is 99.1 cm³/mol. The molecule has 4 rings (SSSR count). The molecule has 0 radical (unpaired) electrons. The Morgan fingerprint density at radius 1 is 1.24 bits per heavy atom. The zero-order valence-electron chi connectivity index (χ0n) is 14.1. The zero-order valence-corrected chi connectivity index (χ0v) is 14.9. The second kappa shape index (κ2) is 6.44. The van der Waals surface area contributed by atoms with Gasteiger partial charge in [-0.1, -0.05) is 25.1 Å². The van der Waals surface area contributed by atoms with Crippen molar-refractivity contribution in [1.82, 2.24) is 14.7 Å². The molecule has 3 heterocycles. The summed E-state index contributed by atoms with van der Waals surface area (Å²) in [5.41, 5.74) is 1.46. The molecule has 0 aliphatic carbocycles. The molecule has 25 heavy (non-hydrogen) atoms. The smallest absolute Gasteiger partial charge is 0.275 e. The van der Waals surface area contributed by atoms with Crippen LogP contribution < -0.4 is 5.56 Å². The van der Waals surface area contributed by atoms with Gasteiger partial charge in [-0.2, -0.15) is 5.10 Å². The molecule has 1 aliphatic heterocycles. The first-order valence-electron chi connectivity index (χ1n) is 8.53. The molecule has 5 nitrogen and oxygen atoms in total. The minimum atomic E-state index is -0.132. The molecule has 0 spiro atoms. The number of nitrogens with zero attached hydrogens (tertiary/aromatic N) is 3. The van der Waals surface area contributed by atoms with E-state index < -0.39 is 0 Å². The van der Waals surface area contributed by atoms with E-state index in [9.17, 15) is 9.59 Å². The van der Waals surface area contributed by atoms with Crippen LogP contribution in [0, 0.1) is 0 Å². The normalized spacial score (nSPS) is 13.9. The van der Waals surface area contributed by atoms with Gasteiger partial charge >= 0.3 is 0 Å². The first-order chi connectivity index (χ1) is 12.2. The van der Waals surface area contributed by atoms with Gasteiger partial charge < -0.3 is 4.90 Å². The summed E-state index contributed by atoms with van der Waals surface area (Å²) in [7, 11) is 0. The Balaban J connectivity index is 1.79. The Labute approximate surface area is 149 Å². The van der Waals surface area contributed by atoms with Gasteiger partial charge in [0.2, 0.25) is 0 Å². The number of thiophene rings is 1. The average molecular weight is 353 g/mol. The lowest BCUT2D eigenvalue weighted by Gasteiger charge is -2.27. The van der Waals surface area contributed by atoms with Crippen molar-refractivity contribution < 1.29 is 4.79 Å². The van der Waals surface area contributed by atoms with E-state index in [4.69, 9.17) is 0 Å². The summed E-state index contributed by atoms with van der Waals surface area (Å²) in [6.45, 7) is 3.81. The molecule has 2 aromatic heterocycles. The van der Waals surface area contributed by atoms with Crippen LogP contribution in [-0.2, 0) is 19.5 Å². The second-order valence-corrected chi connectivity index (χ2v) is 7.27. The van der Waals surface area contributed by atoms with Crippen LogP contribution in [0.5, 0.6) is 0 Å². The molecule has 6 heteroatoms. The van der Waals surface area contributed by atoms with E-state index in [0.29, 0.717) is 36.1 Å². The molecule has 0 N–H and O–H groups in total. The van der Waals surface area contributed by atoms with E-state index >= 15 is 0 Å². The van der Waals surface area contributed by atoms with Crippen LogP contribution in [0.25, 0.3) is 10.8 Å². The van der Waals surface area contributed by atoms with Gasteiger partial charge in [-0.25, -0.2) is 4.68 Å². The summed E-state index contributed by atoms with van der Waals surface area (Å²) >= 11 is 1.75. The molecule has 1 aromatic carbocycles. The molecule has 128 valence electrons. The van der Waals surface area contributed by atoms with E-state index in [-0.39, 0.29) is 11.5 Å². The molecule has 1 aliphatic rings. The highest BCUT2D eigenvalue weighted by molar-refractivity contribution is 7.10. The number of benzene rings is 1. The van der Waals surface area contributed by atoms with Crippen molar-refractivity contribution >= 4 is 28.0 Å². The molecule has 0 bridgehead atoms. The predicted octanol–water partition coefficient (Wildman–Crippen LogP) is 3.07. The molecule has 0 saturated heterocycles. The number of hydrogen-bond donors (Lipinski definition) is 0. The summed E-state index contributed by atoms with van der Waals surface area (Å²) in [6, 6.07) is 9.34. The van der Waals surface area contributed by atoms with Crippen LogP contribution in [-0.4, -0.2) is 27.1 Å². The number of aromatic nitrogens is 2. The van der Waals surface area contributed by atoms with Crippen molar-refractivity contribution in [2.75, 3.05) is 6.54 Å². The molecule has 0 fully saturated rings. The van der Waals surface area contributed by atoms with E-state index in [1.807, 2.05) is 30.0 Å². The van der Waals surface area contributed by atoms with Gasteiger partial charge in [0.1, 0.15) is 0 Å². The number of carbonyl (C=O) groups is 1. The first kappa shape index (κ1) is 16.0. The summed E-state index contributed by atoms with van der Waals surface area (Å²) < 4.78 is 1.43. The Morgan fingerprint density at radius 3 is 2.84 bits per heavy atom. The maximum Gasteiger partial charge on any atom is 0.275 e. The number of fused-ring (bicyclic) bond motifs is 2. The monoisotopic (exact) mass is 353 g/mol. The van der Waals surface area contributed by atoms with Gasteiger partial charge in [0.05, 0.1) is 5.39 Å². The van der Waals surface area contributed by atoms with E-state index in [2.05, 4.69) is 16.5 Å². The molecule has 3 aromatic rings. The molecule has 0 atom stereocenters. The van der Waals surface area contributed by atoms with Gasteiger partial charge in [0, 0.05) is 29.9 Å². The van der Waals surface area contributed by atoms with Crippen LogP contribution in [0.15, 0.2) is 40.5 Å². The van der Waals surface area contributed by atoms with Gasteiger partial charge in [0.25, 0.3) is 11.5 Å². The highest BCUT2D eigenvalue weighted by atomic mass is 32.1. The van der Waals surface area contributed by atoms with Crippen molar-refractivity contribution in [3.63, 3.8) is 0 Å². The molecule has 0 saturated carbocycles. The highest BCUT2D eigenvalue weighted by Crippen LogP contribution is 2.25. The quantitative estimate of drug-likeness (QED) is 0.727. The first-order valence-corrected chi connectivity index (χ1v) is 9.41. The standard InChI is InChI=1S/C19H19N3O2S/c1-2-9-22-18(23)15-6-4-3-5-14(15)17(20-22)19(24)21-10-7-16-13(12-21)8-11-25-16/h3-6,8,11H,2,7,9-10,12H2,1H3. The van der Waals surface area contributed by atoms with Crippen LogP contribution >= 0.6 is 11.3 Å². The Bertz CT molecular complexity index is 1010. The van der Waals surface area contributed by atoms with E-state index in [1.54, 1.807) is 17.4 Å². The minimum absolute atomic E-state index is 0.0992. The highest BCUT2D eigenvalue weighted by Gasteiger charge is 2.26. The third-order valence-electron chi connectivity index (χ3n) is 4.60. The van der Waals surface area contributed by atoms with Gasteiger partial charge in [-0.05, 0) is 35.9 Å². The lowest BCUT2D eigenvalue weighted by atomic mass is 10.1. The van der Waals surface area contributed by atoms with Crippen molar-refractivity contribution in [3.05, 3.63) is 62.2 Å².